The maximum Gasteiger partial charge on any atom is 0.151 e. The van der Waals surface area contributed by atoms with Crippen LogP contribution in [0.5, 0.6) is 0 Å². The van der Waals surface area contributed by atoms with Gasteiger partial charge in [0.25, 0.3) is 0 Å². The van der Waals surface area contributed by atoms with Crippen molar-refractivity contribution in [2.75, 3.05) is 19.6 Å². The predicted octanol–water partition coefficient (Wildman–Crippen LogP) is 9.62. The second-order valence-electron chi connectivity index (χ2n) is 10.6. The zero-order chi connectivity index (χ0) is 27.9. The fourth-order valence-corrected chi connectivity index (χ4v) is 6.60. The maximum atomic E-state index is 2.52. The first-order valence-electron chi connectivity index (χ1n) is 14.5. The highest BCUT2D eigenvalue weighted by atomic mass is 15.5. The SMILES string of the molecule is c1ccc(N2c3ccccc3N(c3ccccc3)C2C2N(c3ccccc3)c3ccccc3N2c2ccccc2)cc1. The monoisotopic (exact) mass is 542 g/mol. The van der Waals surface area contributed by atoms with Crippen LogP contribution in [0.15, 0.2) is 170 Å². The van der Waals surface area contributed by atoms with Gasteiger partial charge in [0.1, 0.15) is 0 Å². The molecule has 0 atom stereocenters. The van der Waals surface area contributed by atoms with E-state index in [1.54, 1.807) is 0 Å². The number of rotatable bonds is 5. The van der Waals surface area contributed by atoms with Crippen LogP contribution >= 0.6 is 0 Å². The Morgan fingerprint density at radius 3 is 0.643 bits per heavy atom. The van der Waals surface area contributed by atoms with E-state index in [9.17, 15) is 0 Å². The molecule has 2 heterocycles. The molecule has 202 valence electrons. The van der Waals surface area contributed by atoms with E-state index < -0.39 is 0 Å². The van der Waals surface area contributed by atoms with Crippen LogP contribution in [0.25, 0.3) is 0 Å². The van der Waals surface area contributed by atoms with E-state index in [2.05, 4.69) is 189 Å². The Balaban J connectivity index is 1.44. The molecule has 0 fully saturated rings. The van der Waals surface area contributed by atoms with Gasteiger partial charge in [0, 0.05) is 22.7 Å². The largest absolute Gasteiger partial charge is 0.314 e. The van der Waals surface area contributed by atoms with Crippen molar-refractivity contribution in [3.8, 4) is 0 Å². The van der Waals surface area contributed by atoms with E-state index in [-0.39, 0.29) is 12.3 Å². The van der Waals surface area contributed by atoms with Crippen LogP contribution in [0, 0.1) is 0 Å². The number of fused-ring (bicyclic) bond motifs is 2. The van der Waals surface area contributed by atoms with Gasteiger partial charge in [-0.15, -0.1) is 0 Å². The van der Waals surface area contributed by atoms with Gasteiger partial charge in [-0.1, -0.05) is 97.1 Å². The van der Waals surface area contributed by atoms with E-state index in [1.165, 1.54) is 22.7 Å². The Morgan fingerprint density at radius 2 is 0.429 bits per heavy atom. The molecule has 0 saturated heterocycles. The highest BCUT2D eigenvalue weighted by Crippen LogP contribution is 2.55. The Hall–Kier alpha value is -5.48. The molecule has 0 spiro atoms. The van der Waals surface area contributed by atoms with Crippen molar-refractivity contribution in [1.82, 2.24) is 0 Å². The number of hydrogen-bond acceptors (Lipinski definition) is 4. The van der Waals surface area contributed by atoms with Crippen molar-refractivity contribution >= 4 is 45.5 Å². The summed E-state index contributed by atoms with van der Waals surface area (Å²) in [4.78, 5) is 10.1. The van der Waals surface area contributed by atoms with Crippen molar-refractivity contribution in [1.29, 1.82) is 0 Å². The smallest absolute Gasteiger partial charge is 0.151 e. The molecular weight excluding hydrogens is 512 g/mol. The van der Waals surface area contributed by atoms with Gasteiger partial charge in [-0.2, -0.15) is 0 Å². The third kappa shape index (κ3) is 3.84. The van der Waals surface area contributed by atoms with Crippen molar-refractivity contribution in [2.45, 2.75) is 12.3 Å². The first-order chi connectivity index (χ1) is 20.9. The molecule has 6 aromatic rings. The standard InChI is InChI=1S/C38H30N4/c1-5-17-29(18-6-1)39-33-25-13-14-26-34(33)40(30-19-7-2-8-20-30)37(39)38-41(31-21-9-3-10-22-31)35-27-15-16-28-36(35)42(38)32-23-11-4-12-24-32/h1-28,37-38H. The van der Waals surface area contributed by atoms with Crippen LogP contribution in [-0.2, 0) is 0 Å². The summed E-state index contributed by atoms with van der Waals surface area (Å²) < 4.78 is 0. The molecule has 0 unspecified atom stereocenters. The summed E-state index contributed by atoms with van der Waals surface area (Å²) in [7, 11) is 0. The molecule has 0 radical (unpaired) electrons. The molecule has 42 heavy (non-hydrogen) atoms. The first kappa shape index (κ1) is 24.3. The van der Waals surface area contributed by atoms with Gasteiger partial charge in [0.15, 0.2) is 12.3 Å². The zero-order valence-electron chi connectivity index (χ0n) is 23.1. The molecule has 6 aromatic carbocycles. The van der Waals surface area contributed by atoms with E-state index >= 15 is 0 Å². The summed E-state index contributed by atoms with van der Waals surface area (Å²) in [6.07, 6.45) is -0.250. The molecule has 0 N–H and O–H groups in total. The highest BCUT2D eigenvalue weighted by Gasteiger charge is 2.51. The van der Waals surface area contributed by atoms with Crippen LogP contribution in [0.4, 0.5) is 45.5 Å². The maximum absolute atomic E-state index is 2.52. The second kappa shape index (κ2) is 10.2. The molecule has 0 saturated carbocycles. The normalized spacial score (nSPS) is 14.8. The Kier molecular flexibility index (Phi) is 5.89. The highest BCUT2D eigenvalue weighted by molar-refractivity contribution is 5.94. The zero-order valence-corrected chi connectivity index (χ0v) is 23.1. The van der Waals surface area contributed by atoms with Crippen molar-refractivity contribution in [2.24, 2.45) is 0 Å². The minimum Gasteiger partial charge on any atom is -0.314 e. The van der Waals surface area contributed by atoms with Crippen LogP contribution in [-0.4, -0.2) is 12.3 Å². The van der Waals surface area contributed by atoms with Gasteiger partial charge in [-0.05, 0) is 72.8 Å². The van der Waals surface area contributed by atoms with Crippen LogP contribution in [0.1, 0.15) is 0 Å². The van der Waals surface area contributed by atoms with Gasteiger partial charge in [-0.3, -0.25) is 0 Å². The summed E-state index contributed by atoms with van der Waals surface area (Å²) in [6, 6.07) is 60.8. The van der Waals surface area contributed by atoms with E-state index in [0.717, 1.165) is 22.7 Å². The lowest BCUT2D eigenvalue weighted by atomic mass is 10.1. The van der Waals surface area contributed by atoms with Crippen LogP contribution in [0.3, 0.4) is 0 Å². The van der Waals surface area contributed by atoms with Gasteiger partial charge in [0.2, 0.25) is 0 Å². The molecule has 0 amide bonds. The lowest BCUT2D eigenvalue weighted by Crippen LogP contribution is -2.58. The van der Waals surface area contributed by atoms with Crippen LogP contribution < -0.4 is 19.6 Å². The number of anilines is 8. The second-order valence-corrected chi connectivity index (χ2v) is 10.6. The molecule has 0 aliphatic carbocycles. The van der Waals surface area contributed by atoms with Crippen molar-refractivity contribution in [3.05, 3.63) is 170 Å². The fraction of sp³-hybridized carbons (Fsp3) is 0.0526. The summed E-state index contributed by atoms with van der Waals surface area (Å²) in [5, 5.41) is 0. The minimum absolute atomic E-state index is 0.125. The number of nitrogens with zero attached hydrogens (tertiary/aromatic N) is 4. The Bertz CT molecular complexity index is 1540. The van der Waals surface area contributed by atoms with Gasteiger partial charge in [0.05, 0.1) is 22.7 Å². The van der Waals surface area contributed by atoms with E-state index in [1.807, 2.05) is 0 Å². The number of hydrogen-bond donors (Lipinski definition) is 0. The number of benzene rings is 6. The summed E-state index contributed by atoms with van der Waals surface area (Å²) in [5.41, 5.74) is 9.39. The van der Waals surface area contributed by atoms with E-state index in [0.29, 0.717) is 0 Å². The van der Waals surface area contributed by atoms with Crippen molar-refractivity contribution < 1.29 is 0 Å². The average Bonchev–Trinajstić information content (AvgIpc) is 3.59. The molecule has 4 nitrogen and oxygen atoms in total. The molecule has 0 aromatic heterocycles. The Morgan fingerprint density at radius 1 is 0.238 bits per heavy atom. The third-order valence-corrected chi connectivity index (χ3v) is 8.26. The van der Waals surface area contributed by atoms with Gasteiger partial charge < -0.3 is 19.6 Å². The minimum atomic E-state index is -0.125. The summed E-state index contributed by atoms with van der Waals surface area (Å²) in [6.45, 7) is 0. The molecule has 4 heteroatoms. The van der Waals surface area contributed by atoms with Gasteiger partial charge in [-0.25, -0.2) is 0 Å². The first-order valence-corrected chi connectivity index (χ1v) is 14.5. The molecule has 2 aliphatic heterocycles. The molecule has 8 rings (SSSR count). The quantitative estimate of drug-likeness (QED) is 0.215. The van der Waals surface area contributed by atoms with Crippen LogP contribution in [0.2, 0.25) is 0 Å². The molecule has 0 bridgehead atoms. The Labute approximate surface area is 246 Å². The molecular formula is C38H30N4. The summed E-state index contributed by atoms with van der Waals surface area (Å²) >= 11 is 0. The summed E-state index contributed by atoms with van der Waals surface area (Å²) in [5.74, 6) is 0. The average molecular weight is 543 g/mol. The number of para-hydroxylation sites is 8. The topological polar surface area (TPSA) is 13.0 Å². The van der Waals surface area contributed by atoms with Crippen molar-refractivity contribution in [3.63, 3.8) is 0 Å². The molecule has 2 aliphatic rings. The predicted molar refractivity (Wildman–Crippen MR) is 175 cm³/mol. The lowest BCUT2D eigenvalue weighted by Gasteiger charge is -2.44. The van der Waals surface area contributed by atoms with Gasteiger partial charge >= 0.3 is 0 Å². The van der Waals surface area contributed by atoms with E-state index in [4.69, 9.17) is 0 Å². The fourth-order valence-electron chi connectivity index (χ4n) is 6.60. The lowest BCUT2D eigenvalue weighted by molar-refractivity contribution is 0.550. The third-order valence-electron chi connectivity index (χ3n) is 8.26.